The second-order valence-electron chi connectivity index (χ2n) is 7.84. The van der Waals surface area contributed by atoms with Gasteiger partial charge in [-0.25, -0.2) is 0 Å². The molecule has 0 radical (unpaired) electrons. The number of hydrogen-bond donors (Lipinski definition) is 3. The molecule has 9 heteroatoms. The van der Waals surface area contributed by atoms with Gasteiger partial charge in [0.05, 0.1) is 25.0 Å². The average Bonchev–Trinajstić information content (AvgIpc) is 3.25. The molecule has 2 saturated heterocycles. The number of aryl methyl sites for hydroxylation is 1. The number of nitrogens with one attached hydrogen (secondary N) is 2. The van der Waals surface area contributed by atoms with Gasteiger partial charge in [-0.2, -0.15) is 0 Å². The maximum Gasteiger partial charge on any atom is 0.250 e. The third-order valence-electron chi connectivity index (χ3n) is 6.27. The Kier molecular flexibility index (Phi) is 4.66. The molecule has 4 amide bonds. The van der Waals surface area contributed by atoms with Gasteiger partial charge < -0.3 is 15.8 Å². The van der Waals surface area contributed by atoms with Crippen LogP contribution in [-0.2, 0) is 29.5 Å². The van der Waals surface area contributed by atoms with Crippen LogP contribution in [-0.4, -0.2) is 54.8 Å². The second-order valence-corrected chi connectivity index (χ2v) is 7.84. The lowest BCUT2D eigenvalue weighted by Gasteiger charge is -2.29. The normalized spacial score (nSPS) is 30.1. The van der Waals surface area contributed by atoms with Crippen LogP contribution in [0.2, 0.25) is 0 Å². The van der Waals surface area contributed by atoms with Gasteiger partial charge >= 0.3 is 0 Å². The molecule has 3 aliphatic heterocycles. The zero-order chi connectivity index (χ0) is 20.9. The first kappa shape index (κ1) is 19.5. The molecule has 2 fully saturated rings. The first-order valence-electron chi connectivity index (χ1n) is 9.64. The Balaban J connectivity index is 1.81. The lowest BCUT2D eigenvalue weighted by molar-refractivity contribution is -0.143. The number of para-hydroxylation sites is 1. The molecule has 4 rings (SSSR count). The minimum Gasteiger partial charge on any atom is -0.383 e. The van der Waals surface area contributed by atoms with Crippen LogP contribution in [0.15, 0.2) is 18.2 Å². The molecule has 3 heterocycles. The zero-order valence-electron chi connectivity index (χ0n) is 16.4. The van der Waals surface area contributed by atoms with Crippen molar-refractivity contribution in [2.24, 2.45) is 17.6 Å². The summed E-state index contributed by atoms with van der Waals surface area (Å²) in [6.45, 7) is 2.22. The maximum atomic E-state index is 13.3. The Labute approximate surface area is 167 Å². The van der Waals surface area contributed by atoms with Gasteiger partial charge in [-0.05, 0) is 18.9 Å². The van der Waals surface area contributed by atoms with Crippen molar-refractivity contribution >= 4 is 29.3 Å². The van der Waals surface area contributed by atoms with Crippen LogP contribution in [0.5, 0.6) is 0 Å². The number of nitrogens with zero attached hydrogens (tertiary/aromatic N) is 1. The largest absolute Gasteiger partial charge is 0.383 e. The van der Waals surface area contributed by atoms with Gasteiger partial charge in [0.2, 0.25) is 23.6 Å². The number of ether oxygens (including phenoxy) is 1. The van der Waals surface area contributed by atoms with Crippen LogP contribution in [0.1, 0.15) is 24.0 Å². The van der Waals surface area contributed by atoms with Gasteiger partial charge in [-0.1, -0.05) is 18.2 Å². The number of carbonyl (C=O) groups is 4. The van der Waals surface area contributed by atoms with Crippen molar-refractivity contribution in [2.45, 2.75) is 31.3 Å². The number of methoxy groups -OCH3 is 1. The van der Waals surface area contributed by atoms with E-state index in [1.54, 1.807) is 6.07 Å². The van der Waals surface area contributed by atoms with E-state index in [9.17, 15) is 19.2 Å². The van der Waals surface area contributed by atoms with E-state index in [-0.39, 0.29) is 37.8 Å². The molecule has 9 nitrogen and oxygen atoms in total. The number of hydrogen-bond acceptors (Lipinski definition) is 6. The van der Waals surface area contributed by atoms with Crippen LogP contribution < -0.4 is 16.4 Å². The molecule has 154 valence electrons. The molecule has 29 heavy (non-hydrogen) atoms. The molecule has 0 aliphatic carbocycles. The fourth-order valence-electron chi connectivity index (χ4n) is 4.98. The summed E-state index contributed by atoms with van der Waals surface area (Å²) < 4.78 is 5.04. The fraction of sp³-hybridized carbons (Fsp3) is 0.500. The smallest absolute Gasteiger partial charge is 0.250 e. The summed E-state index contributed by atoms with van der Waals surface area (Å²) >= 11 is 0. The number of benzene rings is 1. The molecular weight excluding hydrogens is 376 g/mol. The number of anilines is 1. The molecule has 0 unspecified atom stereocenters. The number of imide groups is 1. The number of fused-ring (bicyclic) bond motifs is 4. The van der Waals surface area contributed by atoms with E-state index in [1.165, 1.54) is 12.0 Å². The summed E-state index contributed by atoms with van der Waals surface area (Å²) in [7, 11) is 1.49. The highest BCUT2D eigenvalue weighted by atomic mass is 16.5. The second kappa shape index (κ2) is 6.93. The summed E-state index contributed by atoms with van der Waals surface area (Å²) in [6, 6.07) is 4.99. The highest BCUT2D eigenvalue weighted by Crippen LogP contribution is 2.53. The van der Waals surface area contributed by atoms with Gasteiger partial charge in [0.15, 0.2) is 0 Å². The molecular formula is C20H24N4O5. The first-order chi connectivity index (χ1) is 13.8. The Morgan fingerprint density at radius 1 is 1.28 bits per heavy atom. The Bertz CT molecular complexity index is 916. The van der Waals surface area contributed by atoms with E-state index >= 15 is 0 Å². The Morgan fingerprint density at radius 2 is 2.03 bits per heavy atom. The Hall–Kier alpha value is -2.78. The standard InChI is InChI=1S/C20H24N4O5/c1-10-4-3-5-11-16(10)22-19(28)20(11)15-14(12(23-20)6-7-13(21)25)17(26)24(18(15)27)8-9-29-2/h3-5,12,14-15,23H,6-9H2,1-2H3,(H2,21,25)(H,22,28)/t12-,14-,15+,20+/m1/s1. The van der Waals surface area contributed by atoms with E-state index in [0.29, 0.717) is 11.3 Å². The summed E-state index contributed by atoms with van der Waals surface area (Å²) in [5, 5.41) is 6.17. The van der Waals surface area contributed by atoms with Crippen molar-refractivity contribution in [3.05, 3.63) is 29.3 Å². The molecule has 1 aromatic carbocycles. The van der Waals surface area contributed by atoms with Crippen molar-refractivity contribution in [3.63, 3.8) is 0 Å². The average molecular weight is 400 g/mol. The molecule has 4 N–H and O–H groups in total. The van der Waals surface area contributed by atoms with Crippen LogP contribution in [0, 0.1) is 18.8 Å². The number of nitrogens with two attached hydrogens (primary N) is 1. The number of rotatable bonds is 6. The third kappa shape index (κ3) is 2.68. The predicted molar refractivity (Wildman–Crippen MR) is 102 cm³/mol. The van der Waals surface area contributed by atoms with Crippen LogP contribution in [0.25, 0.3) is 0 Å². The number of likely N-dealkylation sites (tertiary alicyclic amines) is 1. The van der Waals surface area contributed by atoms with Gasteiger partial charge in [-0.3, -0.25) is 29.4 Å². The predicted octanol–water partition coefficient (Wildman–Crippen LogP) is -0.373. The van der Waals surface area contributed by atoms with Crippen molar-refractivity contribution in [2.75, 3.05) is 25.6 Å². The third-order valence-corrected chi connectivity index (χ3v) is 6.27. The van der Waals surface area contributed by atoms with Crippen LogP contribution >= 0.6 is 0 Å². The van der Waals surface area contributed by atoms with Gasteiger partial charge in [0, 0.05) is 30.8 Å². The van der Waals surface area contributed by atoms with E-state index < -0.39 is 35.2 Å². The monoisotopic (exact) mass is 400 g/mol. The number of carbonyl (C=O) groups excluding carboxylic acids is 4. The topological polar surface area (TPSA) is 131 Å². The van der Waals surface area contributed by atoms with Gasteiger partial charge in [0.25, 0.3) is 0 Å². The number of primary amides is 1. The van der Waals surface area contributed by atoms with Crippen molar-refractivity contribution in [1.82, 2.24) is 10.2 Å². The molecule has 0 aromatic heterocycles. The van der Waals surface area contributed by atoms with Gasteiger partial charge in [-0.15, -0.1) is 0 Å². The minimum atomic E-state index is -1.34. The summed E-state index contributed by atoms with van der Waals surface area (Å²) in [5.41, 5.74) is 6.16. The highest BCUT2D eigenvalue weighted by molar-refractivity contribution is 6.15. The fourth-order valence-corrected chi connectivity index (χ4v) is 4.98. The molecule has 0 saturated carbocycles. The maximum absolute atomic E-state index is 13.3. The van der Waals surface area contributed by atoms with Crippen LogP contribution in [0.4, 0.5) is 5.69 Å². The summed E-state index contributed by atoms with van der Waals surface area (Å²) in [4.78, 5) is 52.2. The molecule has 1 spiro atoms. The van der Waals surface area contributed by atoms with Crippen molar-refractivity contribution in [1.29, 1.82) is 0 Å². The summed E-state index contributed by atoms with van der Waals surface area (Å²) in [6.07, 6.45) is 0.322. The van der Waals surface area contributed by atoms with Crippen molar-refractivity contribution < 1.29 is 23.9 Å². The van der Waals surface area contributed by atoms with Crippen molar-refractivity contribution in [3.8, 4) is 0 Å². The lowest BCUT2D eigenvalue weighted by atomic mass is 9.76. The molecule has 3 aliphatic rings. The number of amides is 4. The quantitative estimate of drug-likeness (QED) is 0.559. The van der Waals surface area contributed by atoms with Gasteiger partial charge in [0.1, 0.15) is 5.54 Å². The van der Waals surface area contributed by atoms with E-state index in [1.807, 2.05) is 19.1 Å². The van der Waals surface area contributed by atoms with E-state index in [0.717, 1.165) is 5.56 Å². The van der Waals surface area contributed by atoms with Crippen LogP contribution in [0.3, 0.4) is 0 Å². The lowest BCUT2D eigenvalue weighted by Crippen LogP contribution is -2.53. The summed E-state index contributed by atoms with van der Waals surface area (Å²) in [5.74, 6) is -3.21. The molecule has 4 atom stereocenters. The highest BCUT2D eigenvalue weighted by Gasteiger charge is 2.70. The Morgan fingerprint density at radius 3 is 2.72 bits per heavy atom. The molecule has 0 bridgehead atoms. The van der Waals surface area contributed by atoms with E-state index in [2.05, 4.69) is 10.6 Å². The minimum absolute atomic E-state index is 0.0544. The SMILES string of the molecule is COCCN1C(=O)[C@H]2[C@@H](C1=O)[C@]1(N[C@@H]2CCC(N)=O)C(=O)Nc2c(C)cccc21. The first-order valence-corrected chi connectivity index (χ1v) is 9.64. The van der Waals surface area contributed by atoms with E-state index in [4.69, 9.17) is 10.5 Å². The molecule has 1 aromatic rings. The zero-order valence-corrected chi connectivity index (χ0v) is 16.4.